The van der Waals surface area contributed by atoms with Gasteiger partial charge in [-0.05, 0) is 55.0 Å². The third-order valence-corrected chi connectivity index (χ3v) is 8.66. The maximum atomic E-state index is 14.4. The lowest BCUT2D eigenvalue weighted by Gasteiger charge is -2.18. The van der Waals surface area contributed by atoms with Gasteiger partial charge in [0.05, 0.1) is 26.3 Å². The molecule has 0 unspecified atom stereocenters. The Kier molecular flexibility index (Phi) is 6.65. The van der Waals surface area contributed by atoms with Crippen LogP contribution in [0.2, 0.25) is 4.34 Å². The van der Waals surface area contributed by atoms with E-state index in [-0.39, 0.29) is 23.7 Å². The van der Waals surface area contributed by atoms with E-state index in [1.54, 1.807) is 16.8 Å². The number of carbonyl (C=O) groups is 1. The normalized spacial score (nSPS) is 15.0. The lowest BCUT2D eigenvalue weighted by Crippen LogP contribution is -2.26. The van der Waals surface area contributed by atoms with Crippen molar-refractivity contribution in [2.24, 2.45) is 0 Å². The van der Waals surface area contributed by atoms with Gasteiger partial charge in [0.25, 0.3) is 0 Å². The summed E-state index contributed by atoms with van der Waals surface area (Å²) in [5.41, 5.74) is 2.45. The number of hydrogen-bond acceptors (Lipinski definition) is 5. The quantitative estimate of drug-likeness (QED) is 0.322. The van der Waals surface area contributed by atoms with Gasteiger partial charge in [-0.3, -0.25) is 9.10 Å². The van der Waals surface area contributed by atoms with Crippen LogP contribution < -0.4 is 9.62 Å². The van der Waals surface area contributed by atoms with Gasteiger partial charge in [-0.2, -0.15) is 5.10 Å². The van der Waals surface area contributed by atoms with Gasteiger partial charge >= 0.3 is 0 Å². The molecule has 184 valence electrons. The zero-order valence-electron chi connectivity index (χ0n) is 18.8. The Labute approximate surface area is 216 Å². The molecule has 0 atom stereocenters. The van der Waals surface area contributed by atoms with E-state index in [4.69, 9.17) is 11.6 Å². The molecule has 1 N–H and O–H groups in total. The first kappa shape index (κ1) is 24.2. The molecule has 1 amide bonds. The fourth-order valence-corrected chi connectivity index (χ4v) is 6.51. The Morgan fingerprint density at radius 2 is 1.94 bits per heavy atom. The second-order valence-corrected chi connectivity index (χ2v) is 11.8. The number of nitrogens with zero attached hydrogens (tertiary/aromatic N) is 3. The first-order chi connectivity index (χ1) is 17.3. The summed E-state index contributed by atoms with van der Waals surface area (Å²) in [7, 11) is -3.56. The van der Waals surface area contributed by atoms with Crippen molar-refractivity contribution in [2.75, 3.05) is 21.9 Å². The van der Waals surface area contributed by atoms with Crippen LogP contribution in [0.25, 0.3) is 22.3 Å². The van der Waals surface area contributed by atoms with E-state index in [1.807, 2.05) is 42.6 Å². The number of para-hydroxylation sites is 1. The van der Waals surface area contributed by atoms with E-state index in [1.165, 1.54) is 29.5 Å². The molecule has 0 bridgehead atoms. The number of benzene rings is 2. The Balaban J connectivity index is 1.40. The predicted molar refractivity (Wildman–Crippen MR) is 142 cm³/mol. The molecule has 2 aromatic heterocycles. The monoisotopic (exact) mass is 542 g/mol. The summed E-state index contributed by atoms with van der Waals surface area (Å²) in [5.74, 6) is -1.15. The molecule has 0 radical (unpaired) electrons. The van der Waals surface area contributed by atoms with E-state index in [9.17, 15) is 17.6 Å². The highest BCUT2D eigenvalue weighted by atomic mass is 35.5. The van der Waals surface area contributed by atoms with E-state index in [0.29, 0.717) is 22.0 Å². The van der Waals surface area contributed by atoms with Crippen LogP contribution in [0.1, 0.15) is 12.0 Å². The second-order valence-electron chi connectivity index (χ2n) is 8.05. The van der Waals surface area contributed by atoms with Crippen LogP contribution in [0.4, 0.5) is 15.8 Å². The highest BCUT2D eigenvalue weighted by molar-refractivity contribution is 7.93. The Bertz CT molecular complexity index is 1570. The smallest absolute Gasteiger partial charge is 0.248 e. The van der Waals surface area contributed by atoms with Gasteiger partial charge in [-0.15, -0.1) is 11.3 Å². The van der Waals surface area contributed by atoms with Gasteiger partial charge < -0.3 is 5.32 Å². The molecule has 1 saturated heterocycles. The minimum atomic E-state index is -3.56. The van der Waals surface area contributed by atoms with Crippen LogP contribution in [0, 0.1) is 5.82 Å². The van der Waals surface area contributed by atoms with Gasteiger partial charge in [0.2, 0.25) is 15.9 Å². The molecule has 4 aromatic rings. The number of carbonyl (C=O) groups excluding carboxylic acids is 1. The Hall–Kier alpha value is -3.47. The molecule has 0 aliphatic carbocycles. The molecule has 3 heterocycles. The average molecular weight is 543 g/mol. The standard InChI is InChI=1S/C25H20ClFN4O3S2/c26-23-11-10-22(35-23)25-17(16-30(29-25)19-5-2-1-3-6-19)7-12-24(32)28-18-8-9-20(27)21(15-18)31-13-4-14-36(31,33)34/h1-3,5-12,15-16H,4,13-14H2,(H,28,32)/b12-7+. The first-order valence-corrected chi connectivity index (χ1v) is 13.8. The molecule has 36 heavy (non-hydrogen) atoms. The highest BCUT2D eigenvalue weighted by Gasteiger charge is 2.30. The van der Waals surface area contributed by atoms with Crippen LogP contribution in [0.15, 0.2) is 72.9 Å². The summed E-state index contributed by atoms with van der Waals surface area (Å²) in [6, 6.07) is 17.1. The number of anilines is 2. The van der Waals surface area contributed by atoms with Crippen molar-refractivity contribution in [1.29, 1.82) is 0 Å². The van der Waals surface area contributed by atoms with E-state index in [2.05, 4.69) is 10.4 Å². The van der Waals surface area contributed by atoms with E-state index < -0.39 is 21.7 Å². The lowest BCUT2D eigenvalue weighted by atomic mass is 10.2. The van der Waals surface area contributed by atoms with Crippen LogP contribution in [0.3, 0.4) is 0 Å². The number of amides is 1. The number of sulfonamides is 1. The maximum absolute atomic E-state index is 14.4. The summed E-state index contributed by atoms with van der Waals surface area (Å²) in [6.07, 6.45) is 5.23. The van der Waals surface area contributed by atoms with Gasteiger partial charge in [0.1, 0.15) is 11.5 Å². The third kappa shape index (κ3) is 5.06. The van der Waals surface area contributed by atoms with Crippen LogP contribution in [0.5, 0.6) is 0 Å². The molecule has 1 fully saturated rings. The summed E-state index contributed by atoms with van der Waals surface area (Å²) >= 11 is 7.51. The number of aromatic nitrogens is 2. The van der Waals surface area contributed by atoms with Crippen molar-refractivity contribution in [2.45, 2.75) is 6.42 Å². The fraction of sp³-hybridized carbons (Fsp3) is 0.120. The highest BCUT2D eigenvalue weighted by Crippen LogP contribution is 2.33. The van der Waals surface area contributed by atoms with E-state index in [0.717, 1.165) is 20.9 Å². The Morgan fingerprint density at radius 3 is 2.64 bits per heavy atom. The van der Waals surface area contributed by atoms with Crippen molar-refractivity contribution >= 4 is 56.3 Å². The van der Waals surface area contributed by atoms with Gasteiger partial charge in [0.15, 0.2) is 0 Å². The molecular formula is C25H20ClFN4O3S2. The average Bonchev–Trinajstić information content (AvgIpc) is 3.57. The van der Waals surface area contributed by atoms with Gasteiger partial charge in [-0.25, -0.2) is 17.5 Å². The number of nitrogens with one attached hydrogen (secondary N) is 1. The SMILES string of the molecule is O=C(/C=C/c1cn(-c2ccccc2)nc1-c1ccc(Cl)s1)Nc1ccc(F)c(N2CCCS2(=O)=O)c1. The number of thiophene rings is 1. The molecule has 1 aliphatic rings. The second kappa shape index (κ2) is 9.88. The van der Waals surface area contributed by atoms with Crippen molar-refractivity contribution in [1.82, 2.24) is 9.78 Å². The van der Waals surface area contributed by atoms with Crippen molar-refractivity contribution in [3.05, 3.63) is 88.7 Å². The largest absolute Gasteiger partial charge is 0.322 e. The van der Waals surface area contributed by atoms with Gasteiger partial charge in [0, 0.05) is 30.1 Å². The topological polar surface area (TPSA) is 84.3 Å². The maximum Gasteiger partial charge on any atom is 0.248 e. The number of rotatable bonds is 6. The molecule has 2 aromatic carbocycles. The molecule has 5 rings (SSSR count). The minimum absolute atomic E-state index is 0.0276. The zero-order valence-corrected chi connectivity index (χ0v) is 21.2. The van der Waals surface area contributed by atoms with Gasteiger partial charge in [-0.1, -0.05) is 29.8 Å². The molecule has 0 saturated carbocycles. The molecular weight excluding hydrogens is 523 g/mol. The fourth-order valence-electron chi connectivity index (χ4n) is 3.90. The van der Waals surface area contributed by atoms with Crippen LogP contribution in [-0.4, -0.2) is 36.4 Å². The summed E-state index contributed by atoms with van der Waals surface area (Å²) < 4.78 is 42.2. The minimum Gasteiger partial charge on any atom is -0.322 e. The third-order valence-electron chi connectivity index (χ3n) is 5.57. The molecule has 0 spiro atoms. The molecule has 11 heteroatoms. The molecule has 7 nitrogen and oxygen atoms in total. The Morgan fingerprint density at radius 1 is 1.14 bits per heavy atom. The van der Waals surface area contributed by atoms with E-state index >= 15 is 0 Å². The summed E-state index contributed by atoms with van der Waals surface area (Å²) in [5, 5.41) is 7.36. The first-order valence-electron chi connectivity index (χ1n) is 11.0. The predicted octanol–water partition coefficient (Wildman–Crippen LogP) is 5.59. The number of hydrogen-bond donors (Lipinski definition) is 1. The number of halogens is 2. The van der Waals surface area contributed by atoms with Crippen LogP contribution >= 0.6 is 22.9 Å². The van der Waals surface area contributed by atoms with Crippen molar-refractivity contribution < 1.29 is 17.6 Å². The molecule has 1 aliphatic heterocycles. The summed E-state index contributed by atoms with van der Waals surface area (Å²) in [4.78, 5) is 13.5. The lowest BCUT2D eigenvalue weighted by molar-refractivity contribution is -0.111. The summed E-state index contributed by atoms with van der Waals surface area (Å²) in [6.45, 7) is 0.206. The van der Waals surface area contributed by atoms with Crippen molar-refractivity contribution in [3.63, 3.8) is 0 Å². The zero-order chi connectivity index (χ0) is 25.3. The van der Waals surface area contributed by atoms with Crippen LogP contribution in [-0.2, 0) is 14.8 Å². The van der Waals surface area contributed by atoms with Crippen molar-refractivity contribution in [3.8, 4) is 16.3 Å².